The number of benzene rings is 1. The van der Waals surface area contributed by atoms with Crippen LogP contribution in [-0.4, -0.2) is 55.0 Å². The van der Waals surface area contributed by atoms with Crippen LogP contribution in [-0.2, 0) is 24.4 Å². The number of carbonyl (C=O) groups is 3. The van der Waals surface area contributed by atoms with Crippen LogP contribution in [0.4, 0.5) is 5.69 Å². The number of anilines is 1. The zero-order chi connectivity index (χ0) is 22.9. The SMILES string of the molecule is O=C(CN1C(=O)[C@H]2CC=CC[C@H]2C1=O)Nc1cc(S(=O)(=O)N2CCCCCC2)ccc1Cl. The number of likely N-dealkylation sites (tertiary alicyclic amines) is 1. The van der Waals surface area contributed by atoms with Crippen LogP contribution in [0, 0.1) is 11.8 Å². The molecule has 32 heavy (non-hydrogen) atoms. The van der Waals surface area contributed by atoms with Crippen molar-refractivity contribution >= 4 is 45.0 Å². The summed E-state index contributed by atoms with van der Waals surface area (Å²) in [5.74, 6) is -2.12. The van der Waals surface area contributed by atoms with E-state index in [4.69, 9.17) is 11.6 Å². The van der Waals surface area contributed by atoms with Crippen molar-refractivity contribution in [1.82, 2.24) is 9.21 Å². The fraction of sp³-hybridized carbons (Fsp3) is 0.500. The first-order chi connectivity index (χ1) is 15.3. The number of imide groups is 1. The summed E-state index contributed by atoms with van der Waals surface area (Å²) in [6.07, 6.45) is 8.38. The van der Waals surface area contributed by atoms with Gasteiger partial charge in [0.05, 0.1) is 27.4 Å². The summed E-state index contributed by atoms with van der Waals surface area (Å²) in [4.78, 5) is 38.8. The fourth-order valence-corrected chi connectivity index (χ4v) is 6.26. The first-order valence-electron chi connectivity index (χ1n) is 10.9. The van der Waals surface area contributed by atoms with Gasteiger partial charge in [0.1, 0.15) is 6.54 Å². The number of hydrogen-bond donors (Lipinski definition) is 1. The van der Waals surface area contributed by atoms with Gasteiger partial charge in [0.15, 0.2) is 0 Å². The van der Waals surface area contributed by atoms with E-state index in [-0.39, 0.29) is 27.4 Å². The maximum atomic E-state index is 13.1. The van der Waals surface area contributed by atoms with Gasteiger partial charge in [-0.2, -0.15) is 4.31 Å². The molecule has 0 unspecified atom stereocenters. The number of allylic oxidation sites excluding steroid dienone is 2. The van der Waals surface area contributed by atoms with Crippen molar-refractivity contribution in [2.24, 2.45) is 11.8 Å². The molecule has 10 heteroatoms. The molecule has 2 heterocycles. The maximum absolute atomic E-state index is 13.1. The normalized spacial score (nSPS) is 24.3. The number of carbonyl (C=O) groups excluding carboxylic acids is 3. The van der Waals surface area contributed by atoms with Crippen molar-refractivity contribution < 1.29 is 22.8 Å². The number of amides is 3. The Labute approximate surface area is 192 Å². The molecule has 3 amide bonds. The van der Waals surface area contributed by atoms with Gasteiger partial charge >= 0.3 is 0 Å². The molecule has 0 bridgehead atoms. The van der Waals surface area contributed by atoms with Crippen LogP contribution in [0.15, 0.2) is 35.2 Å². The minimum absolute atomic E-state index is 0.0459. The van der Waals surface area contributed by atoms with Crippen molar-refractivity contribution in [2.75, 3.05) is 25.0 Å². The second-order valence-corrected chi connectivity index (χ2v) is 10.8. The average molecular weight is 480 g/mol. The predicted molar refractivity (Wildman–Crippen MR) is 119 cm³/mol. The molecule has 2 fully saturated rings. The van der Waals surface area contributed by atoms with Crippen molar-refractivity contribution in [3.8, 4) is 0 Å². The number of nitrogens with one attached hydrogen (secondary N) is 1. The molecule has 0 aromatic heterocycles. The molecule has 0 saturated carbocycles. The third-order valence-electron chi connectivity index (χ3n) is 6.32. The number of sulfonamides is 1. The Kier molecular flexibility index (Phi) is 6.69. The first kappa shape index (κ1) is 22.9. The summed E-state index contributed by atoms with van der Waals surface area (Å²) in [7, 11) is -3.72. The van der Waals surface area contributed by atoms with Crippen LogP contribution >= 0.6 is 11.6 Å². The third kappa shape index (κ3) is 4.46. The lowest BCUT2D eigenvalue weighted by molar-refractivity contribution is -0.142. The van der Waals surface area contributed by atoms with Crippen LogP contribution < -0.4 is 5.32 Å². The van der Waals surface area contributed by atoms with Gasteiger partial charge in [0.25, 0.3) is 0 Å². The van der Waals surface area contributed by atoms with Crippen molar-refractivity contribution in [3.63, 3.8) is 0 Å². The number of rotatable bonds is 5. The minimum Gasteiger partial charge on any atom is -0.323 e. The molecule has 172 valence electrons. The zero-order valence-corrected chi connectivity index (χ0v) is 19.2. The monoisotopic (exact) mass is 479 g/mol. The summed E-state index contributed by atoms with van der Waals surface area (Å²) >= 11 is 6.20. The first-order valence-corrected chi connectivity index (χ1v) is 12.7. The second kappa shape index (κ2) is 9.33. The Morgan fingerprint density at radius 2 is 1.59 bits per heavy atom. The van der Waals surface area contributed by atoms with E-state index in [1.165, 1.54) is 22.5 Å². The highest BCUT2D eigenvalue weighted by Crippen LogP contribution is 2.35. The number of fused-ring (bicyclic) bond motifs is 1. The zero-order valence-electron chi connectivity index (χ0n) is 17.6. The lowest BCUT2D eigenvalue weighted by atomic mass is 9.85. The van der Waals surface area contributed by atoms with Crippen LogP contribution in [0.25, 0.3) is 0 Å². The van der Waals surface area contributed by atoms with Gasteiger partial charge in [0.2, 0.25) is 27.7 Å². The molecule has 2 saturated heterocycles. The van der Waals surface area contributed by atoms with Crippen LogP contribution in [0.2, 0.25) is 5.02 Å². The molecule has 2 atom stereocenters. The molecule has 1 N–H and O–H groups in total. The largest absolute Gasteiger partial charge is 0.323 e. The molecule has 1 aromatic rings. The number of hydrogen-bond acceptors (Lipinski definition) is 5. The van der Waals surface area contributed by atoms with E-state index >= 15 is 0 Å². The van der Waals surface area contributed by atoms with E-state index in [2.05, 4.69) is 5.32 Å². The molecular formula is C22H26ClN3O5S. The molecule has 4 rings (SSSR count). The number of halogens is 1. The van der Waals surface area contributed by atoms with Gasteiger partial charge < -0.3 is 5.32 Å². The summed E-state index contributed by atoms with van der Waals surface area (Å²) in [5, 5.41) is 2.74. The van der Waals surface area contributed by atoms with Gasteiger partial charge in [-0.25, -0.2) is 8.42 Å². The molecule has 2 aliphatic heterocycles. The highest BCUT2D eigenvalue weighted by atomic mass is 35.5. The van der Waals surface area contributed by atoms with Gasteiger partial charge in [-0.1, -0.05) is 36.6 Å². The number of nitrogens with zero attached hydrogens (tertiary/aromatic N) is 2. The Morgan fingerprint density at radius 3 is 2.19 bits per heavy atom. The van der Waals surface area contributed by atoms with Gasteiger partial charge in [-0.15, -0.1) is 0 Å². The minimum atomic E-state index is -3.72. The molecule has 3 aliphatic rings. The highest BCUT2D eigenvalue weighted by Gasteiger charge is 2.47. The van der Waals surface area contributed by atoms with E-state index in [1.807, 2.05) is 12.2 Å². The second-order valence-electron chi connectivity index (χ2n) is 8.43. The van der Waals surface area contributed by atoms with E-state index < -0.39 is 34.3 Å². The molecule has 8 nitrogen and oxygen atoms in total. The molecule has 1 aromatic carbocycles. The standard InChI is InChI=1S/C22H26ClN3O5S/c23-18-10-9-15(32(30,31)25-11-5-1-2-6-12-25)13-19(18)24-20(27)14-26-21(28)16-7-3-4-8-17(16)22(26)29/h3-4,9-10,13,16-17H,1-2,5-8,11-12,14H2,(H,24,27)/t16-,17+. The van der Waals surface area contributed by atoms with Gasteiger partial charge in [0, 0.05) is 13.1 Å². The van der Waals surface area contributed by atoms with E-state index in [0.717, 1.165) is 30.6 Å². The Morgan fingerprint density at radius 1 is 1.00 bits per heavy atom. The molecular weight excluding hydrogens is 454 g/mol. The van der Waals surface area contributed by atoms with E-state index in [9.17, 15) is 22.8 Å². The van der Waals surface area contributed by atoms with Crippen LogP contribution in [0.3, 0.4) is 0 Å². The smallest absolute Gasteiger partial charge is 0.244 e. The topological polar surface area (TPSA) is 104 Å². The summed E-state index contributed by atoms with van der Waals surface area (Å²) < 4.78 is 27.6. The Bertz CT molecular complexity index is 1040. The summed E-state index contributed by atoms with van der Waals surface area (Å²) in [5.41, 5.74) is 0.130. The Balaban J connectivity index is 1.48. The lowest BCUT2D eigenvalue weighted by Gasteiger charge is -2.21. The highest BCUT2D eigenvalue weighted by molar-refractivity contribution is 7.89. The van der Waals surface area contributed by atoms with Crippen molar-refractivity contribution in [1.29, 1.82) is 0 Å². The third-order valence-corrected chi connectivity index (χ3v) is 8.54. The predicted octanol–water partition coefficient (Wildman–Crippen LogP) is 2.79. The van der Waals surface area contributed by atoms with Crippen LogP contribution in [0.1, 0.15) is 38.5 Å². The average Bonchev–Trinajstić information content (AvgIpc) is 2.98. The molecule has 0 spiro atoms. The van der Waals surface area contributed by atoms with E-state index in [0.29, 0.717) is 25.9 Å². The van der Waals surface area contributed by atoms with Gasteiger partial charge in [-0.05, 0) is 43.9 Å². The van der Waals surface area contributed by atoms with Crippen LogP contribution in [0.5, 0.6) is 0 Å². The van der Waals surface area contributed by atoms with Crippen molar-refractivity contribution in [2.45, 2.75) is 43.4 Å². The summed E-state index contributed by atoms with van der Waals surface area (Å²) in [6.45, 7) is 0.496. The fourth-order valence-electron chi connectivity index (χ4n) is 4.55. The molecule has 1 aliphatic carbocycles. The lowest BCUT2D eigenvalue weighted by Crippen LogP contribution is -2.38. The quantitative estimate of drug-likeness (QED) is 0.516. The Hall–Kier alpha value is -2.23. The van der Waals surface area contributed by atoms with Gasteiger partial charge in [-0.3, -0.25) is 19.3 Å². The molecule has 0 radical (unpaired) electrons. The van der Waals surface area contributed by atoms with E-state index in [1.54, 1.807) is 0 Å². The maximum Gasteiger partial charge on any atom is 0.244 e. The summed E-state index contributed by atoms with van der Waals surface area (Å²) in [6, 6.07) is 4.18. The van der Waals surface area contributed by atoms with Crippen molar-refractivity contribution in [3.05, 3.63) is 35.4 Å².